The molecule has 35 heavy (non-hydrogen) atoms. The predicted octanol–water partition coefficient (Wildman–Crippen LogP) is 6.73. The van der Waals surface area contributed by atoms with Crippen LogP contribution in [0.15, 0.2) is 73.2 Å². The first-order chi connectivity index (χ1) is 16.7. The molecule has 1 aromatic heterocycles. The molecular formula is C27H21F4N3O. The zero-order valence-electron chi connectivity index (χ0n) is 19.0. The quantitative estimate of drug-likeness (QED) is 0.288. The van der Waals surface area contributed by atoms with Gasteiger partial charge in [0.05, 0.1) is 36.0 Å². The number of nitrogens with zero attached hydrogens (tertiary/aromatic N) is 3. The minimum absolute atomic E-state index is 0.209. The molecule has 0 radical (unpaired) electrons. The standard InChI is InChI=1S/C27H21F4N3O/c1-17-6-3-4-7-20(17)21-8-5-9-22(23(21)13-32)26(25-14-33-16-34(25)2)35-15-18-10-11-19(28)12-24(18)27(29,30)31/h3-12,14,16,26H,15H2,1-2H3. The number of ether oxygens (including phenoxy) is 1. The van der Waals surface area contributed by atoms with Crippen LogP contribution in [0.25, 0.3) is 11.1 Å². The van der Waals surface area contributed by atoms with Crippen LogP contribution in [0.3, 0.4) is 0 Å². The molecule has 4 aromatic rings. The molecule has 0 amide bonds. The fourth-order valence-electron chi connectivity index (χ4n) is 4.08. The normalized spacial score (nSPS) is 12.4. The van der Waals surface area contributed by atoms with Crippen LogP contribution in [0.2, 0.25) is 0 Å². The van der Waals surface area contributed by atoms with Crippen molar-refractivity contribution in [1.82, 2.24) is 9.55 Å². The first kappa shape index (κ1) is 24.2. The van der Waals surface area contributed by atoms with Crippen LogP contribution in [-0.4, -0.2) is 9.55 Å². The number of alkyl halides is 3. The molecule has 1 unspecified atom stereocenters. The van der Waals surface area contributed by atoms with Crippen molar-refractivity contribution in [2.75, 3.05) is 0 Å². The molecule has 4 rings (SSSR count). The second-order valence-corrected chi connectivity index (χ2v) is 8.12. The molecule has 178 valence electrons. The number of hydrogen-bond acceptors (Lipinski definition) is 3. The highest BCUT2D eigenvalue weighted by molar-refractivity contribution is 5.75. The van der Waals surface area contributed by atoms with Crippen molar-refractivity contribution in [3.05, 3.63) is 113 Å². The van der Waals surface area contributed by atoms with Crippen molar-refractivity contribution in [3.63, 3.8) is 0 Å². The van der Waals surface area contributed by atoms with E-state index in [0.717, 1.165) is 23.3 Å². The summed E-state index contributed by atoms with van der Waals surface area (Å²) in [6, 6.07) is 17.7. The highest BCUT2D eigenvalue weighted by Crippen LogP contribution is 2.37. The number of aromatic nitrogens is 2. The Morgan fingerprint density at radius 2 is 1.80 bits per heavy atom. The van der Waals surface area contributed by atoms with Gasteiger partial charge in [-0.2, -0.15) is 18.4 Å². The first-order valence-corrected chi connectivity index (χ1v) is 10.7. The molecular weight excluding hydrogens is 458 g/mol. The summed E-state index contributed by atoms with van der Waals surface area (Å²) >= 11 is 0. The second kappa shape index (κ2) is 9.72. The maximum absolute atomic E-state index is 13.6. The van der Waals surface area contributed by atoms with E-state index in [2.05, 4.69) is 11.1 Å². The van der Waals surface area contributed by atoms with Crippen LogP contribution in [-0.2, 0) is 24.6 Å². The zero-order chi connectivity index (χ0) is 25.2. The van der Waals surface area contributed by atoms with Gasteiger partial charge in [-0.05, 0) is 35.7 Å². The van der Waals surface area contributed by atoms with Gasteiger partial charge in [0, 0.05) is 18.2 Å². The average molecular weight is 479 g/mol. The lowest BCUT2D eigenvalue weighted by atomic mass is 9.90. The predicted molar refractivity (Wildman–Crippen MR) is 123 cm³/mol. The summed E-state index contributed by atoms with van der Waals surface area (Å²) in [5.74, 6) is -0.984. The lowest BCUT2D eigenvalue weighted by molar-refractivity contribution is -0.139. The Morgan fingerprint density at radius 1 is 1.06 bits per heavy atom. The SMILES string of the molecule is Cc1ccccc1-c1cccc(C(OCc2ccc(F)cc2C(F)(F)F)c2cncn2C)c1C#N. The monoisotopic (exact) mass is 479 g/mol. The van der Waals surface area contributed by atoms with E-state index in [-0.39, 0.29) is 5.56 Å². The fraction of sp³-hybridized carbons (Fsp3) is 0.185. The minimum atomic E-state index is -4.74. The Hall–Kier alpha value is -3.96. The van der Waals surface area contributed by atoms with Gasteiger partial charge < -0.3 is 9.30 Å². The molecule has 1 heterocycles. The summed E-state index contributed by atoms with van der Waals surface area (Å²) in [7, 11) is 1.73. The average Bonchev–Trinajstić information content (AvgIpc) is 3.25. The van der Waals surface area contributed by atoms with Crippen LogP contribution in [0.5, 0.6) is 0 Å². The lowest BCUT2D eigenvalue weighted by Gasteiger charge is -2.23. The Balaban J connectivity index is 1.81. The Kier molecular flexibility index (Phi) is 6.72. The third kappa shape index (κ3) is 4.96. The van der Waals surface area contributed by atoms with Crippen molar-refractivity contribution in [1.29, 1.82) is 5.26 Å². The van der Waals surface area contributed by atoms with Gasteiger partial charge in [0.25, 0.3) is 0 Å². The van der Waals surface area contributed by atoms with Crippen molar-refractivity contribution < 1.29 is 22.3 Å². The number of imidazole rings is 1. The molecule has 0 aliphatic carbocycles. The number of rotatable bonds is 6. The Labute approximate surface area is 200 Å². The summed E-state index contributed by atoms with van der Waals surface area (Å²) in [4.78, 5) is 4.11. The van der Waals surface area contributed by atoms with Gasteiger partial charge in [0.1, 0.15) is 18.0 Å². The van der Waals surface area contributed by atoms with Crippen molar-refractivity contribution in [2.45, 2.75) is 25.8 Å². The van der Waals surface area contributed by atoms with Gasteiger partial charge in [-0.15, -0.1) is 0 Å². The fourth-order valence-corrected chi connectivity index (χ4v) is 4.08. The molecule has 3 aromatic carbocycles. The van der Waals surface area contributed by atoms with Gasteiger partial charge in [-0.1, -0.05) is 48.5 Å². The van der Waals surface area contributed by atoms with E-state index in [4.69, 9.17) is 4.74 Å². The zero-order valence-corrected chi connectivity index (χ0v) is 19.0. The molecule has 0 spiro atoms. The first-order valence-electron chi connectivity index (χ1n) is 10.7. The number of halogens is 4. The summed E-state index contributed by atoms with van der Waals surface area (Å²) in [5.41, 5.74) is 2.62. The highest BCUT2D eigenvalue weighted by atomic mass is 19.4. The van der Waals surface area contributed by atoms with E-state index < -0.39 is 30.3 Å². The highest BCUT2D eigenvalue weighted by Gasteiger charge is 2.34. The van der Waals surface area contributed by atoms with Crippen molar-refractivity contribution in [2.24, 2.45) is 7.05 Å². The van der Waals surface area contributed by atoms with E-state index in [0.29, 0.717) is 28.5 Å². The van der Waals surface area contributed by atoms with Crippen LogP contribution >= 0.6 is 0 Å². The summed E-state index contributed by atoms with van der Waals surface area (Å²) in [5, 5.41) is 10.1. The van der Waals surface area contributed by atoms with Gasteiger partial charge in [-0.3, -0.25) is 0 Å². The molecule has 1 atom stereocenters. The van der Waals surface area contributed by atoms with Gasteiger partial charge in [0.2, 0.25) is 0 Å². The molecule has 8 heteroatoms. The molecule has 0 saturated carbocycles. The van der Waals surface area contributed by atoms with E-state index >= 15 is 0 Å². The topological polar surface area (TPSA) is 50.8 Å². The Bertz CT molecular complexity index is 1400. The number of nitriles is 1. The maximum atomic E-state index is 13.6. The van der Waals surface area contributed by atoms with E-state index in [1.807, 2.05) is 37.3 Å². The van der Waals surface area contributed by atoms with E-state index in [1.165, 1.54) is 0 Å². The second-order valence-electron chi connectivity index (χ2n) is 8.12. The van der Waals surface area contributed by atoms with E-state index in [9.17, 15) is 22.8 Å². The van der Waals surface area contributed by atoms with Gasteiger partial charge in [-0.25, -0.2) is 9.37 Å². The van der Waals surface area contributed by atoms with Crippen molar-refractivity contribution >= 4 is 0 Å². The third-order valence-corrected chi connectivity index (χ3v) is 5.83. The third-order valence-electron chi connectivity index (χ3n) is 5.83. The van der Waals surface area contributed by atoms with Crippen LogP contribution < -0.4 is 0 Å². The number of hydrogen-bond donors (Lipinski definition) is 0. The molecule has 0 aliphatic heterocycles. The summed E-state index contributed by atoms with van der Waals surface area (Å²) in [6.45, 7) is 1.48. The van der Waals surface area contributed by atoms with Crippen LogP contribution in [0.1, 0.15) is 39.6 Å². The lowest BCUT2D eigenvalue weighted by Crippen LogP contribution is -2.15. The summed E-state index contributed by atoms with van der Waals surface area (Å²) < 4.78 is 61.9. The largest absolute Gasteiger partial charge is 0.416 e. The van der Waals surface area contributed by atoms with E-state index in [1.54, 1.807) is 36.3 Å². The molecule has 0 N–H and O–H groups in total. The maximum Gasteiger partial charge on any atom is 0.416 e. The Morgan fingerprint density at radius 3 is 2.46 bits per heavy atom. The van der Waals surface area contributed by atoms with Gasteiger partial charge >= 0.3 is 6.18 Å². The number of aryl methyl sites for hydroxylation is 2. The number of benzene rings is 3. The molecule has 4 nitrogen and oxygen atoms in total. The van der Waals surface area contributed by atoms with Crippen LogP contribution in [0.4, 0.5) is 17.6 Å². The van der Waals surface area contributed by atoms with Crippen LogP contribution in [0, 0.1) is 24.1 Å². The molecule has 0 bridgehead atoms. The van der Waals surface area contributed by atoms with Crippen molar-refractivity contribution in [3.8, 4) is 17.2 Å². The summed E-state index contributed by atoms with van der Waals surface area (Å²) in [6.07, 6.45) is -2.55. The molecule has 0 aliphatic rings. The smallest absolute Gasteiger partial charge is 0.362 e. The molecule has 0 fully saturated rings. The minimum Gasteiger partial charge on any atom is -0.362 e. The van der Waals surface area contributed by atoms with Gasteiger partial charge in [0.15, 0.2) is 0 Å². The molecule has 0 saturated heterocycles.